The number of benzene rings is 2. The van der Waals surface area contributed by atoms with E-state index in [-0.39, 0.29) is 48.1 Å². The molecule has 0 bridgehead atoms. The number of carbonyl (C=O) groups excluding carboxylic acids is 2. The van der Waals surface area contributed by atoms with Crippen LogP contribution in [0.2, 0.25) is 0 Å². The summed E-state index contributed by atoms with van der Waals surface area (Å²) >= 11 is 0. The number of aliphatic hydroxyl groups excluding tert-OH is 1. The summed E-state index contributed by atoms with van der Waals surface area (Å²) in [6.45, 7) is 3.36. The van der Waals surface area contributed by atoms with Gasteiger partial charge in [-0.05, 0) is 19.4 Å². The Hall–Kier alpha value is -4.25. The third-order valence-electron chi connectivity index (χ3n) is 5.08. The molecule has 34 heavy (non-hydrogen) atoms. The van der Waals surface area contributed by atoms with Crippen molar-refractivity contribution in [2.24, 2.45) is 5.16 Å². The number of β-amino-alcohol motifs (C(OH)–C–C–N with tert-alkyl or cyclic N) is 1. The van der Waals surface area contributed by atoms with E-state index in [9.17, 15) is 24.8 Å². The highest BCUT2D eigenvalue weighted by atomic mass is 16.6. The number of anilines is 1. The number of ether oxygens (including phenoxy) is 1. The minimum atomic E-state index is -0.725. The monoisotopic (exact) mass is 468 g/mol. The van der Waals surface area contributed by atoms with Gasteiger partial charge in [-0.2, -0.15) is 0 Å². The van der Waals surface area contributed by atoms with Crippen molar-refractivity contribution in [1.82, 2.24) is 4.90 Å². The summed E-state index contributed by atoms with van der Waals surface area (Å²) < 4.78 is 4.75. The van der Waals surface area contributed by atoms with Gasteiger partial charge in [0.05, 0.1) is 42.5 Å². The van der Waals surface area contributed by atoms with Crippen molar-refractivity contribution in [3.05, 3.63) is 75.0 Å². The number of oxime groups is 1. The molecule has 178 valence electrons. The highest BCUT2D eigenvalue weighted by Gasteiger charge is 2.34. The van der Waals surface area contributed by atoms with Crippen LogP contribution in [-0.4, -0.2) is 59.3 Å². The number of nitrogens with one attached hydrogen (secondary N) is 1. The Morgan fingerprint density at radius 3 is 2.59 bits per heavy atom. The average Bonchev–Trinajstić information content (AvgIpc) is 3.12. The number of hydrogen-bond donors (Lipinski definition) is 2. The van der Waals surface area contributed by atoms with Gasteiger partial charge in [0.25, 0.3) is 11.6 Å². The molecule has 0 saturated carbocycles. The van der Waals surface area contributed by atoms with Gasteiger partial charge in [0, 0.05) is 24.4 Å². The minimum absolute atomic E-state index is 0.0147. The summed E-state index contributed by atoms with van der Waals surface area (Å²) in [5.74, 6) is -1.21. The molecule has 0 radical (unpaired) electrons. The Kier molecular flexibility index (Phi) is 7.59. The Morgan fingerprint density at radius 2 is 1.97 bits per heavy atom. The zero-order valence-electron chi connectivity index (χ0n) is 18.9. The lowest BCUT2D eigenvalue weighted by atomic mass is 10.1. The van der Waals surface area contributed by atoms with Crippen LogP contribution in [-0.2, 0) is 14.3 Å². The number of amides is 1. The van der Waals surface area contributed by atoms with E-state index in [1.807, 2.05) is 31.2 Å². The molecular weight excluding hydrogens is 444 g/mol. The van der Waals surface area contributed by atoms with Crippen LogP contribution < -0.4 is 10.2 Å². The molecule has 1 heterocycles. The largest absolute Gasteiger partial charge is 0.466 e. The second-order valence-corrected chi connectivity index (χ2v) is 7.53. The highest BCUT2D eigenvalue weighted by molar-refractivity contribution is 6.08. The third kappa shape index (κ3) is 5.56. The molecule has 11 heteroatoms. The Morgan fingerprint density at radius 1 is 1.26 bits per heavy atom. The van der Waals surface area contributed by atoms with Crippen LogP contribution in [0.25, 0.3) is 0 Å². The van der Waals surface area contributed by atoms with Crippen molar-refractivity contribution in [3.63, 3.8) is 0 Å². The van der Waals surface area contributed by atoms with Gasteiger partial charge in [-0.1, -0.05) is 35.0 Å². The Labute approximate surface area is 195 Å². The molecule has 0 aliphatic carbocycles. The molecule has 0 unspecified atom stereocenters. The first-order valence-electron chi connectivity index (χ1n) is 10.3. The molecule has 0 fully saturated rings. The molecule has 2 aromatic carbocycles. The van der Waals surface area contributed by atoms with E-state index in [1.54, 1.807) is 6.92 Å². The SMILES string of the molecule is COC(=O)C1=C(Nc2cc(ON=C(C)c3ccc(C)cc3)cc([N+](=O)[O-])c2)C(=O)N(CCO)C1. The van der Waals surface area contributed by atoms with Gasteiger partial charge in [0.15, 0.2) is 5.75 Å². The first-order valence-corrected chi connectivity index (χ1v) is 10.3. The van der Waals surface area contributed by atoms with Gasteiger partial charge >= 0.3 is 5.97 Å². The fourth-order valence-electron chi connectivity index (χ4n) is 3.28. The van der Waals surface area contributed by atoms with Crippen LogP contribution in [0.3, 0.4) is 0 Å². The van der Waals surface area contributed by atoms with Crippen LogP contribution >= 0.6 is 0 Å². The second-order valence-electron chi connectivity index (χ2n) is 7.53. The third-order valence-corrected chi connectivity index (χ3v) is 5.08. The summed E-state index contributed by atoms with van der Waals surface area (Å²) in [6, 6.07) is 11.4. The van der Waals surface area contributed by atoms with E-state index < -0.39 is 16.8 Å². The quantitative estimate of drug-likeness (QED) is 0.247. The van der Waals surface area contributed by atoms with E-state index in [4.69, 9.17) is 9.57 Å². The number of nitro benzene ring substituents is 1. The van der Waals surface area contributed by atoms with Crippen molar-refractivity contribution >= 4 is 29.0 Å². The maximum Gasteiger partial charge on any atom is 0.337 e. The topological polar surface area (TPSA) is 144 Å². The maximum atomic E-state index is 12.7. The standard InChI is InChI=1S/C23H24N4O7/c1-14-4-6-16(7-5-14)15(2)25-34-19-11-17(10-18(12-19)27(31)32)24-21-20(23(30)33-3)13-26(8-9-28)22(21)29/h4-7,10-12,24,28H,8-9,13H2,1-3H3. The molecule has 0 spiro atoms. The number of nitro groups is 1. The molecule has 3 rings (SSSR count). The molecule has 2 N–H and O–H groups in total. The lowest BCUT2D eigenvalue weighted by molar-refractivity contribution is -0.384. The summed E-state index contributed by atoms with van der Waals surface area (Å²) in [5.41, 5.74) is 2.26. The fourth-order valence-corrected chi connectivity index (χ4v) is 3.28. The van der Waals surface area contributed by atoms with Crippen molar-refractivity contribution in [1.29, 1.82) is 0 Å². The van der Waals surface area contributed by atoms with E-state index in [2.05, 4.69) is 10.5 Å². The van der Waals surface area contributed by atoms with Crippen LogP contribution in [0.1, 0.15) is 18.1 Å². The van der Waals surface area contributed by atoms with Crippen LogP contribution in [0.4, 0.5) is 11.4 Å². The van der Waals surface area contributed by atoms with Crippen molar-refractivity contribution in [2.75, 3.05) is 32.1 Å². The summed E-state index contributed by atoms with van der Waals surface area (Å²) in [6.07, 6.45) is 0. The van der Waals surface area contributed by atoms with Gasteiger partial charge in [-0.15, -0.1) is 0 Å². The molecular formula is C23H24N4O7. The molecule has 11 nitrogen and oxygen atoms in total. The highest BCUT2D eigenvalue weighted by Crippen LogP contribution is 2.29. The number of hydrogen-bond acceptors (Lipinski definition) is 9. The van der Waals surface area contributed by atoms with Gasteiger partial charge in [0.2, 0.25) is 0 Å². The lowest BCUT2D eigenvalue weighted by Gasteiger charge is -2.15. The zero-order valence-corrected chi connectivity index (χ0v) is 18.9. The van der Waals surface area contributed by atoms with Crippen molar-refractivity contribution in [2.45, 2.75) is 13.8 Å². The van der Waals surface area contributed by atoms with E-state index >= 15 is 0 Å². The van der Waals surface area contributed by atoms with Gasteiger partial charge in [-0.25, -0.2) is 4.79 Å². The molecule has 1 aliphatic rings. The average molecular weight is 468 g/mol. The minimum Gasteiger partial charge on any atom is -0.466 e. The molecule has 0 saturated heterocycles. The number of methoxy groups -OCH3 is 1. The molecule has 0 aromatic heterocycles. The maximum absolute atomic E-state index is 12.7. The molecule has 1 aliphatic heterocycles. The smallest absolute Gasteiger partial charge is 0.337 e. The zero-order chi connectivity index (χ0) is 24.8. The van der Waals surface area contributed by atoms with Crippen LogP contribution in [0.15, 0.2) is 58.9 Å². The number of carbonyl (C=O) groups is 2. The lowest BCUT2D eigenvalue weighted by Crippen LogP contribution is -2.31. The van der Waals surface area contributed by atoms with E-state index in [0.717, 1.165) is 11.1 Å². The van der Waals surface area contributed by atoms with Crippen LogP contribution in [0, 0.1) is 17.0 Å². The summed E-state index contributed by atoms with van der Waals surface area (Å²) in [5, 5.41) is 27.5. The van der Waals surface area contributed by atoms with E-state index in [1.165, 1.54) is 30.2 Å². The first-order chi connectivity index (χ1) is 16.2. The van der Waals surface area contributed by atoms with Crippen LogP contribution in [0.5, 0.6) is 5.75 Å². The fraction of sp³-hybridized carbons (Fsp3) is 0.261. The van der Waals surface area contributed by atoms with E-state index in [0.29, 0.717) is 5.71 Å². The number of esters is 1. The predicted octanol–water partition coefficient (Wildman–Crippen LogP) is 2.38. The predicted molar refractivity (Wildman–Crippen MR) is 123 cm³/mol. The molecule has 0 atom stereocenters. The Bertz CT molecular complexity index is 1170. The number of nitrogens with zero attached hydrogens (tertiary/aromatic N) is 3. The second kappa shape index (κ2) is 10.6. The summed E-state index contributed by atoms with van der Waals surface area (Å²) in [7, 11) is 1.18. The normalized spacial score (nSPS) is 13.8. The van der Waals surface area contributed by atoms with Gasteiger partial charge < -0.3 is 24.9 Å². The molecule has 2 aromatic rings. The van der Waals surface area contributed by atoms with Crippen molar-refractivity contribution < 1.29 is 29.2 Å². The number of aryl methyl sites for hydroxylation is 1. The van der Waals surface area contributed by atoms with Crippen molar-refractivity contribution in [3.8, 4) is 5.75 Å². The van der Waals surface area contributed by atoms with Gasteiger partial charge in [-0.3, -0.25) is 14.9 Å². The number of rotatable bonds is 9. The summed E-state index contributed by atoms with van der Waals surface area (Å²) in [4.78, 5) is 42.4. The molecule has 1 amide bonds. The Balaban J connectivity index is 1.91. The number of non-ortho nitro benzene ring substituents is 1. The van der Waals surface area contributed by atoms with Gasteiger partial charge in [0.1, 0.15) is 5.70 Å². The first kappa shape index (κ1) is 24.4. The number of aliphatic hydroxyl groups is 1.